The molecule has 4 heteroatoms. The van der Waals surface area contributed by atoms with Gasteiger partial charge in [0.2, 0.25) is 0 Å². The molecule has 13 heavy (non-hydrogen) atoms. The Bertz CT molecular complexity index is 590. The molecule has 0 atom stereocenters. The number of benzene rings is 1. The van der Waals surface area contributed by atoms with Crippen LogP contribution >= 0.6 is 0 Å². The average molecular weight is 171 g/mol. The van der Waals surface area contributed by atoms with Gasteiger partial charge >= 0.3 is 0 Å². The summed E-state index contributed by atoms with van der Waals surface area (Å²) in [7, 11) is 0. The zero-order chi connectivity index (χ0) is 9.00. The molecule has 0 radical (unpaired) electrons. The minimum Gasteiger partial charge on any atom is -0.364 e. The summed E-state index contributed by atoms with van der Waals surface area (Å²) in [5.41, 5.74) is 6.14. The van der Waals surface area contributed by atoms with Crippen molar-refractivity contribution in [2.75, 3.05) is 0 Å². The molecule has 0 aliphatic rings. The SMILES string of the molecule is NC(=O)c1nnc2cc3cc3cc12. The molecule has 0 saturated heterocycles. The number of carbonyl (C=O) groups excluding carboxylic acids is 1. The van der Waals surface area contributed by atoms with Gasteiger partial charge in [0, 0.05) is 5.39 Å². The number of carbonyl (C=O) groups is 1. The number of hydrogen-bond donors (Lipinski definition) is 1. The predicted octanol–water partition coefficient (Wildman–Crippen LogP) is 0.757. The molecule has 3 aromatic rings. The summed E-state index contributed by atoms with van der Waals surface area (Å²) in [6.07, 6.45) is 0. The number of fused-ring (bicyclic) bond motifs is 2. The van der Waals surface area contributed by atoms with Crippen molar-refractivity contribution in [2.45, 2.75) is 0 Å². The van der Waals surface area contributed by atoms with Crippen LogP contribution in [-0.2, 0) is 0 Å². The minimum absolute atomic E-state index is 0.262. The van der Waals surface area contributed by atoms with Crippen LogP contribution in [0, 0.1) is 0 Å². The Morgan fingerprint density at radius 2 is 1.92 bits per heavy atom. The first-order valence-electron chi connectivity index (χ1n) is 3.87. The van der Waals surface area contributed by atoms with Gasteiger partial charge < -0.3 is 5.73 Å². The highest BCUT2D eigenvalue weighted by Crippen LogP contribution is 2.29. The summed E-state index contributed by atoms with van der Waals surface area (Å²) in [6.45, 7) is 0. The lowest BCUT2D eigenvalue weighted by atomic mass is 10.2. The van der Waals surface area contributed by atoms with Crippen LogP contribution in [0.2, 0.25) is 0 Å². The number of nitrogens with zero attached hydrogens (tertiary/aromatic N) is 2. The second-order valence-electron chi connectivity index (χ2n) is 3.06. The zero-order valence-electron chi connectivity index (χ0n) is 6.61. The van der Waals surface area contributed by atoms with Gasteiger partial charge in [0.25, 0.3) is 5.91 Å². The van der Waals surface area contributed by atoms with Gasteiger partial charge in [0.05, 0.1) is 5.52 Å². The lowest BCUT2D eigenvalue weighted by Gasteiger charge is -1.86. The van der Waals surface area contributed by atoms with Crippen molar-refractivity contribution < 1.29 is 4.79 Å². The Balaban J connectivity index is 2.44. The fourth-order valence-electron chi connectivity index (χ4n) is 1.45. The first-order valence-corrected chi connectivity index (χ1v) is 3.87. The van der Waals surface area contributed by atoms with E-state index in [0.717, 1.165) is 16.3 Å². The smallest absolute Gasteiger partial charge is 0.269 e. The Morgan fingerprint density at radius 1 is 1.15 bits per heavy atom. The number of hydrogen-bond acceptors (Lipinski definition) is 3. The summed E-state index contributed by atoms with van der Waals surface area (Å²) >= 11 is 0. The van der Waals surface area contributed by atoms with Crippen LogP contribution in [0.25, 0.3) is 21.7 Å². The van der Waals surface area contributed by atoms with E-state index in [1.54, 1.807) is 0 Å². The highest BCUT2D eigenvalue weighted by molar-refractivity contribution is 6.12. The van der Waals surface area contributed by atoms with Crippen LogP contribution in [0.5, 0.6) is 0 Å². The first kappa shape index (κ1) is 6.54. The molecule has 0 spiro atoms. The normalized spacial score (nSPS) is 11.7. The first-order chi connectivity index (χ1) is 6.25. The van der Waals surface area contributed by atoms with Crippen molar-refractivity contribution in [1.82, 2.24) is 10.2 Å². The van der Waals surface area contributed by atoms with E-state index in [9.17, 15) is 4.79 Å². The third-order valence-corrected chi connectivity index (χ3v) is 2.18. The summed E-state index contributed by atoms with van der Waals surface area (Å²) in [6, 6.07) is 5.82. The predicted molar refractivity (Wildman–Crippen MR) is 47.9 cm³/mol. The van der Waals surface area contributed by atoms with Gasteiger partial charge in [0.15, 0.2) is 5.69 Å². The van der Waals surface area contributed by atoms with Crippen LogP contribution in [0.3, 0.4) is 0 Å². The van der Waals surface area contributed by atoms with Crippen molar-refractivity contribution in [3.63, 3.8) is 0 Å². The molecule has 0 aliphatic carbocycles. The molecule has 0 saturated carbocycles. The fraction of sp³-hybridized carbons (Fsp3) is 0. The van der Waals surface area contributed by atoms with Crippen molar-refractivity contribution in [1.29, 1.82) is 0 Å². The maximum atomic E-state index is 10.9. The summed E-state index contributed by atoms with van der Waals surface area (Å²) < 4.78 is 0. The zero-order valence-corrected chi connectivity index (χ0v) is 6.61. The highest BCUT2D eigenvalue weighted by Gasteiger charge is 2.14. The molecular weight excluding hydrogens is 166 g/mol. The molecular formula is C9H5N3O. The molecule has 4 nitrogen and oxygen atoms in total. The van der Waals surface area contributed by atoms with E-state index in [1.165, 1.54) is 5.39 Å². The third-order valence-electron chi connectivity index (χ3n) is 2.18. The van der Waals surface area contributed by atoms with Crippen molar-refractivity contribution >= 4 is 27.6 Å². The Labute approximate surface area is 73.0 Å². The number of amides is 1. The molecule has 1 heterocycles. The average Bonchev–Trinajstić information content (AvgIpc) is 2.70. The van der Waals surface area contributed by atoms with E-state index in [1.807, 2.05) is 18.2 Å². The van der Waals surface area contributed by atoms with Gasteiger partial charge in [0.1, 0.15) is 0 Å². The standard InChI is InChI=1S/C9H5N3O/c10-9(13)8-6-2-4-1-5(4)3-7(6)11-12-8/h1-3H,(H2,10,13). The van der Waals surface area contributed by atoms with E-state index in [0.29, 0.717) is 0 Å². The molecule has 0 unspecified atom stereocenters. The van der Waals surface area contributed by atoms with E-state index in [-0.39, 0.29) is 5.69 Å². The molecule has 2 aromatic carbocycles. The van der Waals surface area contributed by atoms with Gasteiger partial charge in [-0.1, -0.05) is 0 Å². The Kier molecular flexibility index (Phi) is 0.930. The third kappa shape index (κ3) is 0.767. The van der Waals surface area contributed by atoms with Gasteiger partial charge in [-0.05, 0) is 29.0 Å². The number of primary amides is 1. The molecule has 0 bridgehead atoms. The van der Waals surface area contributed by atoms with Crippen molar-refractivity contribution in [3.8, 4) is 0 Å². The quantitative estimate of drug-likeness (QED) is 0.587. The summed E-state index contributed by atoms with van der Waals surface area (Å²) in [5, 5.41) is 10.7. The monoisotopic (exact) mass is 171 g/mol. The van der Waals surface area contributed by atoms with Crippen LogP contribution in [0.4, 0.5) is 0 Å². The van der Waals surface area contributed by atoms with Crippen LogP contribution < -0.4 is 5.73 Å². The molecule has 62 valence electrons. The lowest BCUT2D eigenvalue weighted by Crippen LogP contribution is -2.11. The van der Waals surface area contributed by atoms with Gasteiger partial charge in [-0.3, -0.25) is 4.79 Å². The van der Waals surface area contributed by atoms with E-state index < -0.39 is 5.91 Å². The molecule has 2 N–H and O–H groups in total. The second-order valence-corrected chi connectivity index (χ2v) is 3.06. The van der Waals surface area contributed by atoms with Crippen molar-refractivity contribution in [2.24, 2.45) is 5.73 Å². The van der Waals surface area contributed by atoms with Crippen LogP contribution in [-0.4, -0.2) is 16.1 Å². The second kappa shape index (κ2) is 1.85. The fourth-order valence-corrected chi connectivity index (χ4v) is 1.45. The van der Waals surface area contributed by atoms with Crippen LogP contribution in [0.1, 0.15) is 10.5 Å². The largest absolute Gasteiger partial charge is 0.364 e. The molecule has 1 aromatic heterocycles. The topological polar surface area (TPSA) is 68.9 Å². The van der Waals surface area contributed by atoms with Gasteiger partial charge in [-0.2, -0.15) is 0 Å². The Morgan fingerprint density at radius 3 is 2.69 bits per heavy atom. The van der Waals surface area contributed by atoms with Gasteiger partial charge in [-0.15, -0.1) is 10.2 Å². The maximum Gasteiger partial charge on any atom is 0.269 e. The number of nitrogens with two attached hydrogens (primary N) is 1. The summed E-state index contributed by atoms with van der Waals surface area (Å²) in [4.78, 5) is 10.9. The maximum absolute atomic E-state index is 10.9. The van der Waals surface area contributed by atoms with E-state index >= 15 is 0 Å². The number of rotatable bonds is 1. The van der Waals surface area contributed by atoms with Gasteiger partial charge in [-0.25, -0.2) is 0 Å². The minimum atomic E-state index is -0.525. The molecule has 0 aliphatic heterocycles. The molecule has 3 rings (SSSR count). The Hall–Kier alpha value is -1.97. The van der Waals surface area contributed by atoms with E-state index in [4.69, 9.17) is 5.73 Å². The molecule has 1 amide bonds. The lowest BCUT2D eigenvalue weighted by molar-refractivity contribution is 0.0997. The summed E-state index contributed by atoms with van der Waals surface area (Å²) in [5.74, 6) is -0.525. The number of aromatic nitrogens is 2. The highest BCUT2D eigenvalue weighted by atomic mass is 16.1. The van der Waals surface area contributed by atoms with Crippen LogP contribution in [0.15, 0.2) is 18.2 Å². The van der Waals surface area contributed by atoms with Crippen molar-refractivity contribution in [3.05, 3.63) is 23.9 Å². The van der Waals surface area contributed by atoms with E-state index in [2.05, 4.69) is 10.2 Å². The molecule has 0 fully saturated rings.